The summed E-state index contributed by atoms with van der Waals surface area (Å²) in [6.45, 7) is 7.90. The highest BCUT2D eigenvalue weighted by atomic mass is 32.2. The summed E-state index contributed by atoms with van der Waals surface area (Å²) in [5, 5.41) is 2.74. The first-order chi connectivity index (χ1) is 16.2. The second-order valence-corrected chi connectivity index (χ2v) is 9.49. The molecule has 0 saturated heterocycles. The number of hydrogen-bond donors (Lipinski definition) is 2. The third-order valence-electron chi connectivity index (χ3n) is 5.30. The van der Waals surface area contributed by atoms with Crippen molar-refractivity contribution in [1.82, 2.24) is 14.9 Å². The van der Waals surface area contributed by atoms with Crippen LogP contribution in [0, 0.1) is 0 Å². The average molecular weight is 488 g/mol. The SMILES string of the molecule is C=CCNC(=O)[C@H](C)N(Cc1ccc(OC)cc1)C(=O)CCc1ccc(S(=O)(=O)NCC)cc1. The first-order valence-electron chi connectivity index (χ1n) is 11.1. The monoisotopic (exact) mass is 487 g/mol. The smallest absolute Gasteiger partial charge is 0.242 e. The number of amides is 2. The summed E-state index contributed by atoms with van der Waals surface area (Å²) < 4.78 is 31.8. The number of rotatable bonds is 13. The molecule has 0 unspecified atom stereocenters. The van der Waals surface area contributed by atoms with Crippen LogP contribution in [0.3, 0.4) is 0 Å². The van der Waals surface area contributed by atoms with Crippen molar-refractivity contribution >= 4 is 21.8 Å². The van der Waals surface area contributed by atoms with Gasteiger partial charge in [-0.3, -0.25) is 9.59 Å². The highest BCUT2D eigenvalue weighted by molar-refractivity contribution is 7.89. The van der Waals surface area contributed by atoms with Gasteiger partial charge in [-0.2, -0.15) is 0 Å². The van der Waals surface area contributed by atoms with E-state index in [4.69, 9.17) is 4.74 Å². The molecule has 0 radical (unpaired) electrons. The number of benzene rings is 2. The van der Waals surface area contributed by atoms with Crippen LogP contribution in [0.4, 0.5) is 0 Å². The van der Waals surface area contributed by atoms with E-state index < -0.39 is 16.1 Å². The third-order valence-corrected chi connectivity index (χ3v) is 6.86. The number of methoxy groups -OCH3 is 1. The van der Waals surface area contributed by atoms with Crippen LogP contribution < -0.4 is 14.8 Å². The largest absolute Gasteiger partial charge is 0.497 e. The molecule has 34 heavy (non-hydrogen) atoms. The van der Waals surface area contributed by atoms with Gasteiger partial charge in [0.2, 0.25) is 21.8 Å². The number of aryl methyl sites for hydroxylation is 1. The molecule has 0 fully saturated rings. The van der Waals surface area contributed by atoms with Gasteiger partial charge in [0, 0.05) is 26.1 Å². The maximum Gasteiger partial charge on any atom is 0.242 e. The minimum atomic E-state index is -3.53. The zero-order valence-corrected chi connectivity index (χ0v) is 20.7. The van der Waals surface area contributed by atoms with Crippen LogP contribution in [0.15, 0.2) is 66.1 Å². The lowest BCUT2D eigenvalue weighted by atomic mass is 10.1. The highest BCUT2D eigenvalue weighted by Gasteiger charge is 2.25. The number of ether oxygens (including phenoxy) is 1. The van der Waals surface area contributed by atoms with Crippen LogP contribution >= 0.6 is 0 Å². The molecule has 0 saturated carbocycles. The molecule has 0 spiro atoms. The van der Waals surface area contributed by atoms with Gasteiger partial charge in [-0.1, -0.05) is 37.3 Å². The number of carbonyl (C=O) groups excluding carboxylic acids is 2. The molecule has 0 bridgehead atoms. The van der Waals surface area contributed by atoms with Gasteiger partial charge in [0.15, 0.2) is 0 Å². The van der Waals surface area contributed by atoms with Gasteiger partial charge in [-0.15, -0.1) is 6.58 Å². The number of nitrogens with zero attached hydrogens (tertiary/aromatic N) is 1. The maximum atomic E-state index is 13.2. The third kappa shape index (κ3) is 7.71. The molecular formula is C25H33N3O5S. The van der Waals surface area contributed by atoms with E-state index in [2.05, 4.69) is 16.6 Å². The summed E-state index contributed by atoms with van der Waals surface area (Å²) >= 11 is 0. The normalized spacial score (nSPS) is 12.0. The lowest BCUT2D eigenvalue weighted by molar-refractivity contribution is -0.140. The zero-order valence-electron chi connectivity index (χ0n) is 19.9. The number of carbonyl (C=O) groups is 2. The molecular weight excluding hydrogens is 454 g/mol. The summed E-state index contributed by atoms with van der Waals surface area (Å²) in [6, 6.07) is 13.1. The van der Waals surface area contributed by atoms with E-state index in [1.54, 1.807) is 44.1 Å². The van der Waals surface area contributed by atoms with Gasteiger partial charge in [0.1, 0.15) is 11.8 Å². The van der Waals surface area contributed by atoms with Crippen molar-refractivity contribution in [2.75, 3.05) is 20.2 Å². The van der Waals surface area contributed by atoms with Gasteiger partial charge in [-0.05, 0) is 48.7 Å². The quantitative estimate of drug-likeness (QED) is 0.423. The Labute approximate surface area is 202 Å². The van der Waals surface area contributed by atoms with Crippen molar-refractivity contribution in [2.45, 2.75) is 44.2 Å². The molecule has 2 amide bonds. The summed E-state index contributed by atoms with van der Waals surface area (Å²) in [5.41, 5.74) is 1.70. The Morgan fingerprint density at radius 3 is 2.26 bits per heavy atom. The van der Waals surface area contributed by atoms with E-state index in [9.17, 15) is 18.0 Å². The van der Waals surface area contributed by atoms with Gasteiger partial charge < -0.3 is 15.0 Å². The summed E-state index contributed by atoms with van der Waals surface area (Å²) in [4.78, 5) is 27.5. The van der Waals surface area contributed by atoms with E-state index >= 15 is 0 Å². The van der Waals surface area contributed by atoms with Gasteiger partial charge in [0.05, 0.1) is 12.0 Å². The minimum absolute atomic E-state index is 0.175. The molecule has 9 heteroatoms. The van der Waals surface area contributed by atoms with E-state index in [0.29, 0.717) is 25.3 Å². The van der Waals surface area contributed by atoms with Gasteiger partial charge >= 0.3 is 0 Å². The van der Waals surface area contributed by atoms with E-state index in [-0.39, 0.29) is 29.7 Å². The summed E-state index contributed by atoms with van der Waals surface area (Å²) in [6.07, 6.45) is 2.18. The summed E-state index contributed by atoms with van der Waals surface area (Å²) in [5.74, 6) is 0.263. The van der Waals surface area contributed by atoms with Crippen molar-refractivity contribution in [3.63, 3.8) is 0 Å². The Bertz CT molecular complexity index is 1070. The molecule has 0 heterocycles. The fraction of sp³-hybridized carbons (Fsp3) is 0.360. The zero-order chi connectivity index (χ0) is 25.1. The predicted octanol–water partition coefficient (Wildman–Crippen LogP) is 2.65. The lowest BCUT2D eigenvalue weighted by Crippen LogP contribution is -2.47. The number of sulfonamides is 1. The van der Waals surface area contributed by atoms with Crippen LogP contribution in [0.5, 0.6) is 5.75 Å². The van der Waals surface area contributed by atoms with Crippen molar-refractivity contribution < 1.29 is 22.7 Å². The van der Waals surface area contributed by atoms with Crippen LogP contribution in [-0.4, -0.2) is 51.4 Å². The molecule has 184 valence electrons. The Morgan fingerprint density at radius 1 is 1.09 bits per heavy atom. The minimum Gasteiger partial charge on any atom is -0.497 e. The van der Waals surface area contributed by atoms with E-state index in [1.165, 1.54) is 12.1 Å². The molecule has 0 aromatic heterocycles. The molecule has 0 aliphatic carbocycles. The Hall–Kier alpha value is -3.17. The molecule has 8 nitrogen and oxygen atoms in total. The van der Waals surface area contributed by atoms with Gasteiger partial charge in [-0.25, -0.2) is 13.1 Å². The molecule has 2 N–H and O–H groups in total. The molecule has 2 rings (SSSR count). The van der Waals surface area contributed by atoms with E-state index in [1.807, 2.05) is 24.3 Å². The molecule has 0 aliphatic rings. The van der Waals surface area contributed by atoms with Crippen LogP contribution in [0.1, 0.15) is 31.4 Å². The Kier molecular flexibility index (Phi) is 10.3. The summed E-state index contributed by atoms with van der Waals surface area (Å²) in [7, 11) is -1.94. The maximum absolute atomic E-state index is 13.2. The lowest BCUT2D eigenvalue weighted by Gasteiger charge is -2.29. The van der Waals surface area contributed by atoms with Crippen molar-refractivity contribution in [3.8, 4) is 5.75 Å². The van der Waals surface area contributed by atoms with Crippen molar-refractivity contribution in [1.29, 1.82) is 0 Å². The molecule has 2 aromatic carbocycles. The Morgan fingerprint density at radius 2 is 1.71 bits per heavy atom. The Balaban J connectivity index is 2.13. The van der Waals surface area contributed by atoms with Gasteiger partial charge in [0.25, 0.3) is 0 Å². The standard InChI is InChI=1S/C25H33N3O5S/c1-5-17-26-25(30)19(3)28(18-21-7-12-22(33-4)13-8-21)24(29)16-11-20-9-14-23(15-10-20)34(31,32)27-6-2/h5,7-10,12-15,19,27H,1,6,11,16-18H2,2-4H3,(H,26,30)/t19-/m0/s1. The first-order valence-corrected chi connectivity index (χ1v) is 12.6. The fourth-order valence-corrected chi connectivity index (χ4v) is 4.38. The number of hydrogen-bond acceptors (Lipinski definition) is 5. The van der Waals surface area contributed by atoms with Crippen LogP contribution in [0.25, 0.3) is 0 Å². The van der Waals surface area contributed by atoms with E-state index in [0.717, 1.165) is 11.1 Å². The predicted molar refractivity (Wildman–Crippen MR) is 132 cm³/mol. The first kappa shape index (κ1) is 27.1. The second-order valence-electron chi connectivity index (χ2n) is 7.72. The van der Waals surface area contributed by atoms with Crippen molar-refractivity contribution in [2.24, 2.45) is 0 Å². The fourth-order valence-electron chi connectivity index (χ4n) is 3.33. The van der Waals surface area contributed by atoms with Crippen molar-refractivity contribution in [3.05, 3.63) is 72.3 Å². The number of nitrogens with one attached hydrogen (secondary N) is 2. The average Bonchev–Trinajstić information content (AvgIpc) is 2.84. The molecule has 2 aromatic rings. The van der Waals surface area contributed by atoms with Crippen LogP contribution in [0.2, 0.25) is 0 Å². The topological polar surface area (TPSA) is 105 Å². The second kappa shape index (κ2) is 12.9. The van der Waals surface area contributed by atoms with Crippen LogP contribution in [-0.2, 0) is 32.6 Å². The highest BCUT2D eigenvalue weighted by Crippen LogP contribution is 2.17. The molecule has 0 aliphatic heterocycles. The molecule has 1 atom stereocenters.